The zero-order valence-electron chi connectivity index (χ0n) is 38.5. The molecule has 10 N–H and O–H groups in total. The fraction of sp³-hybridized carbons (Fsp3) is 0.531. The van der Waals surface area contributed by atoms with Gasteiger partial charge in [-0.1, -0.05) is 56.2 Å². The molecule has 9 atom stereocenters. The number of aliphatic hydroxyl groups is 2. The maximum Gasteiger partial charge on any atom is 0.251 e. The lowest BCUT2D eigenvalue weighted by Crippen LogP contribution is -2.61. The molecule has 3 aliphatic heterocycles. The van der Waals surface area contributed by atoms with Gasteiger partial charge in [-0.3, -0.25) is 33.6 Å². The highest BCUT2D eigenvalue weighted by molar-refractivity contribution is 6.02. The second-order valence-electron chi connectivity index (χ2n) is 18.2. The van der Waals surface area contributed by atoms with Gasteiger partial charge in [0.2, 0.25) is 35.4 Å². The van der Waals surface area contributed by atoms with Gasteiger partial charge in [-0.25, -0.2) is 0 Å². The Balaban J connectivity index is 1.29. The molecule has 3 aromatic rings. The number of benzene rings is 3. The molecule has 18 heteroatoms. The van der Waals surface area contributed by atoms with Gasteiger partial charge >= 0.3 is 0 Å². The van der Waals surface area contributed by atoms with Crippen LogP contribution in [0.15, 0.2) is 60.7 Å². The number of amides is 7. The molecular weight excluding hydrogens is 861 g/mol. The first-order valence-electron chi connectivity index (χ1n) is 23.6. The van der Waals surface area contributed by atoms with E-state index in [2.05, 4.69) is 39.6 Å². The van der Waals surface area contributed by atoms with Gasteiger partial charge in [0.05, 0.1) is 12.2 Å². The van der Waals surface area contributed by atoms with Crippen molar-refractivity contribution in [2.24, 2.45) is 5.73 Å². The third-order valence-corrected chi connectivity index (χ3v) is 13.0. The number of nitrogens with one attached hydrogen (secondary N) is 5. The lowest BCUT2D eigenvalue weighted by atomic mass is 10.0. The smallest absolute Gasteiger partial charge is 0.251 e. The fourth-order valence-electron chi connectivity index (χ4n) is 9.13. The largest absolute Gasteiger partial charge is 0.508 e. The van der Waals surface area contributed by atoms with Crippen LogP contribution in [0.25, 0.3) is 10.8 Å². The van der Waals surface area contributed by atoms with E-state index < -0.39 is 95.9 Å². The third kappa shape index (κ3) is 12.9. The molecule has 67 heavy (non-hydrogen) atoms. The summed E-state index contributed by atoms with van der Waals surface area (Å²) >= 11 is 0. The van der Waals surface area contributed by atoms with Crippen molar-refractivity contribution >= 4 is 52.1 Å². The molecule has 3 aromatic carbocycles. The Labute approximate surface area is 390 Å². The summed E-state index contributed by atoms with van der Waals surface area (Å²) in [6.07, 6.45) is 2.43. The topological polar surface area (TPSA) is 273 Å². The van der Waals surface area contributed by atoms with Crippen LogP contribution in [0, 0.1) is 0 Å². The molecule has 2 unspecified atom stereocenters. The highest BCUT2D eigenvalue weighted by Crippen LogP contribution is 2.24. The Morgan fingerprint density at radius 3 is 2.10 bits per heavy atom. The van der Waals surface area contributed by atoms with Gasteiger partial charge in [0, 0.05) is 31.2 Å². The molecular formula is C49H66N8O10. The summed E-state index contributed by atoms with van der Waals surface area (Å²) in [5.41, 5.74) is 8.48. The number of aromatic hydroxyl groups is 1. The van der Waals surface area contributed by atoms with Crippen molar-refractivity contribution in [3.8, 4) is 5.75 Å². The van der Waals surface area contributed by atoms with Gasteiger partial charge in [0.1, 0.15) is 42.0 Å². The summed E-state index contributed by atoms with van der Waals surface area (Å²) in [4.78, 5) is 101. The quantitative estimate of drug-likeness (QED) is 0.123. The van der Waals surface area contributed by atoms with Crippen LogP contribution in [0.1, 0.15) is 100 Å². The minimum atomic E-state index is -1.54. The second-order valence-corrected chi connectivity index (χ2v) is 18.2. The lowest BCUT2D eigenvalue weighted by molar-refractivity contribution is -0.145. The highest BCUT2D eigenvalue weighted by atomic mass is 16.3. The summed E-state index contributed by atoms with van der Waals surface area (Å²) in [7, 11) is 0. The Kier molecular flexibility index (Phi) is 17.3. The molecule has 6 rings (SSSR count). The molecule has 18 nitrogen and oxygen atoms in total. The van der Waals surface area contributed by atoms with Crippen molar-refractivity contribution in [1.82, 2.24) is 36.4 Å². The van der Waals surface area contributed by atoms with E-state index in [1.165, 1.54) is 41.3 Å². The number of carbonyl (C=O) groups is 7. The Morgan fingerprint density at radius 1 is 0.746 bits per heavy atom. The number of carbonyl (C=O) groups excluding carboxylic acids is 7. The van der Waals surface area contributed by atoms with Crippen LogP contribution in [0.2, 0.25) is 0 Å². The minimum absolute atomic E-state index is 0.00206. The molecule has 0 radical (unpaired) electrons. The standard InChI is InChI=1S/C49H66N8O10/c1-4-5-6-9-31-12-16-33-25-34(18-17-32(33)24-31)43(61)52-37-10-7-22-51-46(64)40-26-35(50)27-57(40)49(67)42(29(3)59)55-45(63)38(21-15-30-13-19-36(60)20-14-30)53-47(65)39-11-8-23-56(39)48(66)41(28(2)58)54-44(37)62/h12-14,16-20,24-25,28-29,35,37-42,58-60H,4-11,15,21-23,26-27,50H2,1-3H3,(H,51,64)(H,52,61)(H,53,65)(H,54,62)(H,55,63)/t28?,29?,35-,37-,38-,39-,40-,41-,42-/m0/s1. The van der Waals surface area contributed by atoms with E-state index >= 15 is 0 Å². The maximum atomic E-state index is 14.3. The molecule has 3 heterocycles. The van der Waals surface area contributed by atoms with Crippen LogP contribution in [0.3, 0.4) is 0 Å². The minimum Gasteiger partial charge on any atom is -0.508 e. The number of rotatable bonds is 11. The first-order chi connectivity index (χ1) is 32.0. The van der Waals surface area contributed by atoms with E-state index in [-0.39, 0.29) is 69.5 Å². The van der Waals surface area contributed by atoms with E-state index in [0.717, 1.165) is 42.0 Å². The van der Waals surface area contributed by atoms with Crippen LogP contribution in [0.4, 0.5) is 0 Å². The number of hydrogen-bond donors (Lipinski definition) is 9. The summed E-state index contributed by atoms with van der Waals surface area (Å²) in [5.74, 6) is -4.90. The van der Waals surface area contributed by atoms with Crippen LogP contribution in [0.5, 0.6) is 5.75 Å². The fourth-order valence-corrected chi connectivity index (χ4v) is 9.13. The van der Waals surface area contributed by atoms with E-state index in [9.17, 15) is 48.9 Å². The number of fused-ring (bicyclic) bond motifs is 3. The van der Waals surface area contributed by atoms with Crippen LogP contribution in [-0.4, -0.2) is 141 Å². The summed E-state index contributed by atoms with van der Waals surface area (Å²) in [6.45, 7) is 4.85. The maximum absolute atomic E-state index is 14.3. The monoisotopic (exact) mass is 926 g/mol. The van der Waals surface area contributed by atoms with Crippen molar-refractivity contribution < 1.29 is 48.9 Å². The van der Waals surface area contributed by atoms with E-state index in [0.29, 0.717) is 6.42 Å². The molecule has 7 amide bonds. The summed E-state index contributed by atoms with van der Waals surface area (Å²) < 4.78 is 0. The van der Waals surface area contributed by atoms with Gasteiger partial charge in [-0.05, 0) is 118 Å². The van der Waals surface area contributed by atoms with Crippen molar-refractivity contribution in [3.05, 3.63) is 77.4 Å². The zero-order chi connectivity index (χ0) is 48.4. The molecule has 3 saturated heterocycles. The molecule has 3 fully saturated rings. The van der Waals surface area contributed by atoms with Crippen molar-refractivity contribution in [1.29, 1.82) is 0 Å². The number of aryl methyl sites for hydroxylation is 2. The Bertz CT molecular complexity index is 2270. The molecule has 0 spiro atoms. The lowest BCUT2D eigenvalue weighted by Gasteiger charge is -2.32. The van der Waals surface area contributed by atoms with Crippen molar-refractivity contribution in [3.63, 3.8) is 0 Å². The SMILES string of the molecule is CCCCCc1ccc2cc(C(=O)N[C@H]3CCCNC(=O)[C@@H]4C[C@H](N)CN4C(=O)[C@H](C(C)O)NC(=O)[C@H](CCc4ccc(O)cc4)NC(=O)[C@@H]4CCCN4C(=O)[C@H](C(C)O)NC3=O)ccc2c1. The average molecular weight is 927 g/mol. The Hall–Kier alpha value is -6.11. The molecule has 0 saturated carbocycles. The number of hydrogen-bond acceptors (Lipinski definition) is 11. The van der Waals surface area contributed by atoms with Gasteiger partial charge in [-0.2, -0.15) is 0 Å². The number of nitrogens with zero attached hydrogens (tertiary/aromatic N) is 2. The van der Waals surface area contributed by atoms with E-state index in [4.69, 9.17) is 5.73 Å². The number of phenols is 1. The predicted molar refractivity (Wildman–Crippen MR) is 249 cm³/mol. The van der Waals surface area contributed by atoms with Crippen LogP contribution in [-0.2, 0) is 41.6 Å². The van der Waals surface area contributed by atoms with Gasteiger partial charge in [0.15, 0.2) is 0 Å². The first kappa shape index (κ1) is 50.3. The predicted octanol–water partition coefficient (Wildman–Crippen LogP) is 1.05. The van der Waals surface area contributed by atoms with Crippen molar-refractivity contribution in [2.45, 2.75) is 146 Å². The first-order valence-corrected chi connectivity index (χ1v) is 23.6. The van der Waals surface area contributed by atoms with E-state index in [1.54, 1.807) is 24.3 Å². The van der Waals surface area contributed by atoms with E-state index in [1.807, 2.05) is 18.2 Å². The van der Waals surface area contributed by atoms with Crippen molar-refractivity contribution in [2.75, 3.05) is 19.6 Å². The highest BCUT2D eigenvalue weighted by Gasteiger charge is 2.44. The second kappa shape index (κ2) is 23.1. The van der Waals surface area contributed by atoms with Gasteiger partial charge in [0.25, 0.3) is 5.91 Å². The number of unbranched alkanes of at least 4 members (excludes halogenated alkanes) is 2. The molecule has 0 aliphatic carbocycles. The normalized spacial score (nSPS) is 25.8. The molecule has 362 valence electrons. The summed E-state index contributed by atoms with van der Waals surface area (Å²) in [6, 6.07) is 9.19. The Morgan fingerprint density at radius 2 is 1.40 bits per heavy atom. The number of nitrogens with two attached hydrogens (primary N) is 1. The zero-order valence-corrected chi connectivity index (χ0v) is 38.5. The number of aliphatic hydroxyl groups excluding tert-OH is 2. The van der Waals surface area contributed by atoms with Crippen LogP contribution >= 0.6 is 0 Å². The third-order valence-electron chi connectivity index (χ3n) is 13.0. The molecule has 0 aromatic heterocycles. The van der Waals surface area contributed by atoms with Gasteiger partial charge in [-0.15, -0.1) is 0 Å². The van der Waals surface area contributed by atoms with Crippen LogP contribution < -0.4 is 32.3 Å². The number of phenolic OH excluding ortho intramolecular Hbond substituents is 1. The molecule has 0 bridgehead atoms. The average Bonchev–Trinajstić information content (AvgIpc) is 3.96. The van der Waals surface area contributed by atoms with Gasteiger partial charge < -0.3 is 57.4 Å². The molecule has 3 aliphatic rings. The summed E-state index contributed by atoms with van der Waals surface area (Å²) in [5, 5.41) is 47.0.